The van der Waals surface area contributed by atoms with Gasteiger partial charge in [-0.15, -0.1) is 11.8 Å². The van der Waals surface area contributed by atoms with Crippen molar-refractivity contribution in [1.29, 1.82) is 0 Å². The van der Waals surface area contributed by atoms with Gasteiger partial charge < -0.3 is 49.5 Å². The Hall–Kier alpha value is -7.10. The zero-order chi connectivity index (χ0) is 47.6. The maximum absolute atomic E-state index is 6.15. The van der Waals surface area contributed by atoms with Gasteiger partial charge in [-0.3, -0.25) is 0 Å². The number of nitrogens with zero attached hydrogens (tertiary/aromatic N) is 10. The third kappa shape index (κ3) is 12.1. The molecule has 0 bridgehead atoms. The molecule has 0 saturated heterocycles. The van der Waals surface area contributed by atoms with Crippen LogP contribution in [0.15, 0.2) is 180 Å². The van der Waals surface area contributed by atoms with E-state index in [0.29, 0.717) is 17.8 Å². The molecule has 0 radical (unpaired) electrons. The molecule has 0 amide bonds. The summed E-state index contributed by atoms with van der Waals surface area (Å²) in [5.41, 5.74) is 11.4. The van der Waals surface area contributed by atoms with Crippen molar-refractivity contribution in [2.24, 2.45) is 9.98 Å². The van der Waals surface area contributed by atoms with Crippen LogP contribution in [0.1, 0.15) is 22.3 Å². The van der Waals surface area contributed by atoms with Crippen LogP contribution in [0.5, 0.6) is 11.5 Å². The Morgan fingerprint density at radius 1 is 0.592 bits per heavy atom. The second-order valence-corrected chi connectivity index (χ2v) is 16.5. The van der Waals surface area contributed by atoms with E-state index in [0.717, 1.165) is 90.9 Å². The van der Waals surface area contributed by atoms with E-state index in [9.17, 15) is 0 Å². The maximum atomic E-state index is 6.15. The number of benzene rings is 6. The number of hydrogen-bond donors (Lipinski definition) is 0. The van der Waals surface area contributed by atoms with Gasteiger partial charge in [-0.1, -0.05) is 121 Å². The Morgan fingerprint density at radius 3 is 1.61 bits per heavy atom. The summed E-state index contributed by atoms with van der Waals surface area (Å²) in [6.07, 6.45) is 6.77. The summed E-state index contributed by atoms with van der Waals surface area (Å²) in [7, 11) is 2.15. The van der Waals surface area contributed by atoms with E-state index in [-0.39, 0.29) is 42.1 Å². The first-order valence-corrected chi connectivity index (χ1v) is 22.6. The molecule has 0 fully saturated rings. The summed E-state index contributed by atoms with van der Waals surface area (Å²) in [6, 6.07) is 58.2. The van der Waals surface area contributed by atoms with Crippen molar-refractivity contribution in [3.8, 4) is 11.5 Å². The van der Waals surface area contributed by atoms with E-state index in [2.05, 4.69) is 97.2 Å². The van der Waals surface area contributed by atoms with Gasteiger partial charge in [-0.05, 0) is 75.1 Å². The predicted octanol–water partition coefficient (Wildman–Crippen LogP) is 14.1. The normalized spacial score (nSPS) is 14.5. The van der Waals surface area contributed by atoms with Crippen LogP contribution < -0.4 is 28.9 Å². The minimum absolute atomic E-state index is 0. The van der Waals surface area contributed by atoms with Crippen LogP contribution in [0.25, 0.3) is 10.6 Å². The Labute approximate surface area is 445 Å². The van der Waals surface area contributed by atoms with Gasteiger partial charge in [0.05, 0.1) is 12.7 Å². The van der Waals surface area contributed by atoms with Crippen molar-refractivity contribution >= 4 is 69.8 Å². The standard InChI is InChI=1S/C32H32N4O2.C25H19N6.2Pt/c1-23-17-25(3)31(29(19-23)35-21-33-27-11-7-5-8-12-27)37-15-16-38-32-26(4)18-24(2)20-30(32)36-22-34-28-13-9-6-10-14-28;1-31(19-29(21-12-6-3-7-13-21)25-23(31)15-9-17-27-25)30-18-28(20-10-4-2-5-11-20)24-22(30)14-8-16-26-24;;/h5-14,17-22H,15-16H2,1-4H3;2-10,12,14-19H,1H3;;/q-2;-3;;. The summed E-state index contributed by atoms with van der Waals surface area (Å²) >= 11 is 0. The number of fused-ring (bicyclic) bond motifs is 2. The predicted molar refractivity (Wildman–Crippen MR) is 280 cm³/mol. The number of ether oxygens (including phenoxy) is 2. The molecule has 0 spiro atoms. The Balaban J connectivity index is 0.000000206. The Bertz CT molecular complexity index is 2950. The molecule has 1 unspecified atom stereocenters. The monoisotopic (exact) mass is 1300 g/mol. The molecule has 4 heterocycles. The minimum atomic E-state index is 0. The first-order chi connectivity index (χ1) is 33.7. The number of rotatable bonds is 14. The topological polar surface area (TPSA) is 107 Å². The molecule has 14 heteroatoms. The zero-order valence-electron chi connectivity index (χ0n) is 39.8. The molecule has 10 rings (SSSR count). The SMILES string of the molecule is C[N+]1(N2[CH-]N(c3[c-]cccc3)c3ncccc32)[CH-]N(c2[c-]cccc2)c2ncccc21.Cc1cc(C)c(OCCOc2c(C)cc(C)cc2[N-]C=Nc2ccccc2)c([N-]C=Nc2ccccc2)c1.[Pt].[Pt]. The van der Waals surface area contributed by atoms with E-state index in [1.807, 2.05) is 174 Å². The largest absolute Gasteiger partial charge is 0.490 e. The molecule has 366 valence electrons. The number of para-hydroxylation sites is 4. The van der Waals surface area contributed by atoms with Crippen molar-refractivity contribution < 1.29 is 51.6 Å². The number of hydrogen-bond acceptors (Lipinski definition) is 9. The van der Waals surface area contributed by atoms with E-state index in [4.69, 9.17) is 14.5 Å². The van der Waals surface area contributed by atoms with Crippen molar-refractivity contribution in [3.05, 3.63) is 228 Å². The minimum Gasteiger partial charge on any atom is -0.490 e. The summed E-state index contributed by atoms with van der Waals surface area (Å²) in [4.78, 5) is 22.4. The van der Waals surface area contributed by atoms with Crippen molar-refractivity contribution in [2.45, 2.75) is 27.7 Å². The summed E-state index contributed by atoms with van der Waals surface area (Å²) in [5.74, 6) is 3.20. The zero-order valence-corrected chi connectivity index (χ0v) is 44.4. The molecule has 0 saturated carbocycles. The van der Waals surface area contributed by atoms with E-state index in [1.54, 1.807) is 12.7 Å². The summed E-state index contributed by atoms with van der Waals surface area (Å²) < 4.78 is 12.7. The van der Waals surface area contributed by atoms with Gasteiger partial charge >= 0.3 is 0 Å². The van der Waals surface area contributed by atoms with Crippen LogP contribution in [0.4, 0.5) is 57.1 Å². The molecule has 2 aliphatic rings. The number of aryl methyl sites for hydroxylation is 4. The van der Waals surface area contributed by atoms with Crippen LogP contribution in [0, 0.1) is 53.2 Å². The fourth-order valence-corrected chi connectivity index (χ4v) is 8.23. The number of quaternary nitrogens is 1. The quantitative estimate of drug-likeness (QED) is 0.0351. The van der Waals surface area contributed by atoms with Crippen molar-refractivity contribution in [3.63, 3.8) is 0 Å². The average Bonchev–Trinajstić information content (AvgIpc) is 3.92. The second-order valence-electron chi connectivity index (χ2n) is 16.5. The molecule has 8 aromatic rings. The third-order valence-corrected chi connectivity index (χ3v) is 11.3. The molecule has 71 heavy (non-hydrogen) atoms. The molecule has 12 nitrogen and oxygen atoms in total. The first-order valence-electron chi connectivity index (χ1n) is 22.6. The van der Waals surface area contributed by atoms with Gasteiger partial charge in [0.1, 0.15) is 30.5 Å². The molecular weight excluding hydrogens is 1250 g/mol. The van der Waals surface area contributed by atoms with E-state index < -0.39 is 0 Å². The van der Waals surface area contributed by atoms with Gasteiger partial charge in [0.2, 0.25) is 0 Å². The molecule has 0 aliphatic carbocycles. The first kappa shape index (κ1) is 51.7. The molecule has 6 aromatic carbocycles. The average molecular weight is 1300 g/mol. The second kappa shape index (κ2) is 24.1. The van der Waals surface area contributed by atoms with Gasteiger partial charge in [0, 0.05) is 72.0 Å². The van der Waals surface area contributed by atoms with Crippen LogP contribution in [0.3, 0.4) is 0 Å². The number of anilines is 5. The molecular formula is C57H51N10O2Pt2-5. The van der Waals surface area contributed by atoms with E-state index in [1.165, 1.54) is 0 Å². The van der Waals surface area contributed by atoms with Gasteiger partial charge in [0.25, 0.3) is 0 Å². The fourth-order valence-electron chi connectivity index (χ4n) is 8.23. The number of pyridine rings is 2. The van der Waals surface area contributed by atoms with E-state index >= 15 is 0 Å². The maximum Gasteiger partial charge on any atom is 0.170 e. The van der Waals surface area contributed by atoms with Crippen molar-refractivity contribution in [1.82, 2.24) is 14.6 Å². The third-order valence-electron chi connectivity index (χ3n) is 11.3. The summed E-state index contributed by atoms with van der Waals surface area (Å²) in [6.45, 7) is 13.1. The number of aromatic nitrogens is 2. The molecule has 1 atom stereocenters. The summed E-state index contributed by atoms with van der Waals surface area (Å²) in [5, 5.41) is 11.3. The molecule has 2 aliphatic heterocycles. The Kier molecular flexibility index (Phi) is 17.6. The van der Waals surface area contributed by atoms with Gasteiger partial charge in [-0.2, -0.15) is 54.6 Å². The van der Waals surface area contributed by atoms with Crippen LogP contribution >= 0.6 is 0 Å². The number of aliphatic imine (C=N–C) groups is 2. The fraction of sp³-hybridized carbons (Fsp3) is 0.123. The van der Waals surface area contributed by atoms with Gasteiger partial charge in [0.15, 0.2) is 11.5 Å². The van der Waals surface area contributed by atoms with Gasteiger partial charge in [-0.25, -0.2) is 9.97 Å². The van der Waals surface area contributed by atoms with Crippen LogP contribution in [-0.4, -0.2) is 42.9 Å². The molecule has 0 N–H and O–H groups in total. The van der Waals surface area contributed by atoms with Crippen LogP contribution in [-0.2, 0) is 42.1 Å². The van der Waals surface area contributed by atoms with Crippen molar-refractivity contribution in [2.75, 3.05) is 35.1 Å². The van der Waals surface area contributed by atoms with Crippen LogP contribution in [0.2, 0.25) is 0 Å². The molecule has 2 aromatic heterocycles. The Morgan fingerprint density at radius 2 is 1.08 bits per heavy atom. The smallest absolute Gasteiger partial charge is 0.170 e.